The third-order valence-electron chi connectivity index (χ3n) is 7.69. The maximum absolute atomic E-state index is 12.1. The summed E-state index contributed by atoms with van der Waals surface area (Å²) in [5.41, 5.74) is 6.48. The van der Waals surface area contributed by atoms with E-state index in [2.05, 4.69) is 45.9 Å². The molecule has 2 rings (SSSR count). The molecule has 1 saturated heterocycles. The van der Waals surface area contributed by atoms with Crippen molar-refractivity contribution in [1.82, 2.24) is 14.9 Å². The molecule has 0 spiro atoms. The average molecular weight is 1090 g/mol. The fourth-order valence-corrected chi connectivity index (χ4v) is 12.4. The molecule has 6 unspecified atom stereocenters. The van der Waals surface area contributed by atoms with Crippen LogP contribution in [0.4, 0.5) is 0 Å². The van der Waals surface area contributed by atoms with Gasteiger partial charge in [0.2, 0.25) is 5.91 Å². The Hall–Kier alpha value is -1.92. The van der Waals surface area contributed by atoms with Gasteiger partial charge in [0.05, 0.1) is 72.2 Å². The van der Waals surface area contributed by atoms with Crippen molar-refractivity contribution in [3.8, 4) is 0 Å². The Morgan fingerprint density at radius 2 is 1.24 bits per heavy atom. The van der Waals surface area contributed by atoms with E-state index in [1.807, 2.05) is 4.98 Å². The van der Waals surface area contributed by atoms with E-state index in [0.717, 1.165) is 10.8 Å². The summed E-state index contributed by atoms with van der Waals surface area (Å²) in [7, 11) is -39.5. The van der Waals surface area contributed by atoms with E-state index < -0.39 is 89.8 Å². The molecule has 0 aromatic carbocycles. The van der Waals surface area contributed by atoms with E-state index in [4.69, 9.17) is 29.2 Å². The summed E-state index contributed by atoms with van der Waals surface area (Å²) >= 11 is 0. The number of nitrogens with zero attached hydrogens (tertiary/aromatic N) is 4. The van der Waals surface area contributed by atoms with Gasteiger partial charge in [0.15, 0.2) is 0 Å². The van der Waals surface area contributed by atoms with Crippen LogP contribution in [0.1, 0.15) is 50.3 Å². The summed E-state index contributed by atoms with van der Waals surface area (Å²) in [6.07, 6.45) is -2.68. The molecule has 3 N–H and O–H groups in total. The van der Waals surface area contributed by atoms with Crippen LogP contribution in [0.3, 0.4) is 0 Å². The molecule has 1 aromatic heterocycles. The normalized spacial score (nSPS) is 21.7. The molecule has 34 nitrogen and oxygen atoms in total. The maximum Gasteiger partial charge on any atom is 0.330 e. The number of aromatic nitrogens is 2. The van der Waals surface area contributed by atoms with Crippen LogP contribution in [0.15, 0.2) is 20.9 Å². The number of rotatable bonds is 37. The van der Waals surface area contributed by atoms with Crippen molar-refractivity contribution in [2.45, 2.75) is 63.9 Å². The van der Waals surface area contributed by atoms with E-state index in [9.17, 15) is 76.2 Å². The lowest BCUT2D eigenvalue weighted by molar-refractivity contribution is -0.256. The van der Waals surface area contributed by atoms with Gasteiger partial charge in [-0.15, -0.1) is 0 Å². The zero-order chi connectivity index (χ0) is 50.4. The van der Waals surface area contributed by atoms with Crippen LogP contribution in [0.25, 0.3) is 10.4 Å². The molecule has 2 heterocycles. The lowest BCUT2D eigenvalue weighted by Crippen LogP contribution is -2.33. The standard InChI is InChI=1S/C27H52N6O28P6/c1-21-19-33(27(37)31-26(21)36)25-18-22(34)23(56-25)20-55-63(40,41)58-65(44,45)60-67(48,49)61-66(46,47)59-64(42,43)57-62(38,39)54-9-5-3-2-4-7-29-24(35)6-10-50-12-14-52-16-17-53-15-13-51-11-8-30-32-28/h19,22-23,25,34H,2-18,20H2,1H3,(H,29,35)(H,38,39)(H,40,41)(H,42,43)(H,44,45)(H,46,47)(H,48,49)(H,31,36,37)/p-6/t22-,23-,25-/m1/s1. The molecule has 1 amide bonds. The van der Waals surface area contributed by atoms with Gasteiger partial charge in [-0.25, -0.2) is 26.3 Å². The Bertz CT molecular complexity index is 2190. The summed E-state index contributed by atoms with van der Waals surface area (Å²) in [4.78, 5) is 112. The van der Waals surface area contributed by atoms with Crippen LogP contribution in [-0.2, 0) is 86.5 Å². The lowest BCUT2D eigenvalue weighted by Gasteiger charge is -2.38. The van der Waals surface area contributed by atoms with E-state index >= 15 is 0 Å². The smallest absolute Gasteiger partial charge is 0.330 e. The molecule has 1 fully saturated rings. The molecule has 1 aromatic rings. The first-order chi connectivity index (χ1) is 31.2. The Kier molecular flexibility index (Phi) is 26.9. The van der Waals surface area contributed by atoms with Gasteiger partial charge in [0, 0.05) is 42.6 Å². The summed E-state index contributed by atoms with van der Waals surface area (Å²) in [6.45, 7) is 2.09. The van der Waals surface area contributed by atoms with E-state index in [1.165, 1.54) is 6.92 Å². The topological polar surface area (TPSA) is 504 Å². The first-order valence-electron chi connectivity index (χ1n) is 19.1. The van der Waals surface area contributed by atoms with Crippen LogP contribution in [-0.4, -0.2) is 112 Å². The molecule has 0 saturated carbocycles. The van der Waals surface area contributed by atoms with Crippen LogP contribution >= 0.6 is 46.9 Å². The van der Waals surface area contributed by atoms with Gasteiger partial charge in [0.1, 0.15) is 12.3 Å². The van der Waals surface area contributed by atoms with Gasteiger partial charge in [-0.3, -0.25) is 46.5 Å². The molecule has 9 atom stereocenters. The first kappa shape index (κ1) is 61.2. The van der Waals surface area contributed by atoms with Gasteiger partial charge >= 0.3 is 5.69 Å². The second-order valence-electron chi connectivity index (χ2n) is 13.0. The van der Waals surface area contributed by atoms with Crippen molar-refractivity contribution in [2.24, 2.45) is 5.11 Å². The molecular weight excluding hydrogens is 1040 g/mol. The zero-order valence-electron chi connectivity index (χ0n) is 35.0. The zero-order valence-corrected chi connectivity index (χ0v) is 40.3. The molecule has 0 bridgehead atoms. The van der Waals surface area contributed by atoms with Crippen molar-refractivity contribution in [3.05, 3.63) is 43.0 Å². The molecular formula is C27H46N6O28P6-6. The van der Waals surface area contributed by atoms with Crippen LogP contribution in [0, 0.1) is 6.92 Å². The number of hydrogen-bond donors (Lipinski definition) is 3. The number of aromatic amines is 1. The molecule has 67 heavy (non-hydrogen) atoms. The van der Waals surface area contributed by atoms with Crippen molar-refractivity contribution in [2.75, 3.05) is 79.2 Å². The molecule has 40 heteroatoms. The number of amides is 1. The van der Waals surface area contributed by atoms with Crippen LogP contribution < -0.4 is 45.9 Å². The predicted molar refractivity (Wildman–Crippen MR) is 207 cm³/mol. The molecule has 388 valence electrons. The Balaban J connectivity index is 1.62. The van der Waals surface area contributed by atoms with E-state index in [-0.39, 0.29) is 70.1 Å². The van der Waals surface area contributed by atoms with Crippen molar-refractivity contribution in [1.29, 1.82) is 0 Å². The second kappa shape index (κ2) is 29.4. The Labute approximate surface area is 379 Å². The third kappa shape index (κ3) is 27.3. The number of unbranched alkanes of at least 4 members (excludes halogenated alkanes) is 3. The minimum Gasteiger partial charge on any atom is -0.756 e. The number of aliphatic hydroxyl groups is 1. The Morgan fingerprint density at radius 1 is 0.761 bits per heavy atom. The number of phosphoric ester groups is 2. The van der Waals surface area contributed by atoms with Crippen molar-refractivity contribution in [3.63, 3.8) is 0 Å². The largest absolute Gasteiger partial charge is 0.756 e. The second-order valence-corrected chi connectivity index (χ2v) is 22.2. The highest BCUT2D eigenvalue weighted by Crippen LogP contribution is 2.70. The number of azide groups is 1. The highest BCUT2D eigenvalue weighted by Gasteiger charge is 2.38. The SMILES string of the molecule is Cc1cn([C@H]2C[C@@H](O)[C@@H](COP(=O)([O-])OP(=O)([O-])OP(=O)([O-])OP(=O)([O-])OP(=O)([O-])OP(=O)([O-])OCCCCCCNC(=O)CCOCCOCCOCCOCCN=[N+]=[N-])O2)c(=O)[nH]c1=O. The van der Waals surface area contributed by atoms with Crippen molar-refractivity contribution < 1.29 is 121 Å². The molecule has 1 aliphatic rings. The molecule has 0 radical (unpaired) electrons. The number of ether oxygens (including phenoxy) is 5. The summed E-state index contributed by atoms with van der Waals surface area (Å²) < 4.78 is 124. The fourth-order valence-electron chi connectivity index (χ4n) is 4.87. The van der Waals surface area contributed by atoms with Gasteiger partial charge in [-0.2, -0.15) is 0 Å². The molecule has 0 aliphatic carbocycles. The first-order valence-corrected chi connectivity index (χ1v) is 27.9. The third-order valence-corrected chi connectivity index (χ3v) is 16.7. The van der Waals surface area contributed by atoms with Gasteiger partial charge in [-0.05, 0) is 25.3 Å². The predicted octanol–water partition coefficient (Wildman–Crippen LogP) is -2.14. The van der Waals surface area contributed by atoms with Crippen LogP contribution in [0.5, 0.6) is 0 Å². The number of H-pyrrole nitrogens is 1. The average Bonchev–Trinajstić information content (AvgIpc) is 3.55. The number of aliphatic hydroxyl groups excluding tert-OH is 1. The number of carbonyl (C=O) groups excluding carboxylic acids is 1. The van der Waals surface area contributed by atoms with Gasteiger partial charge in [-0.1, -0.05) is 18.0 Å². The van der Waals surface area contributed by atoms with E-state index in [1.54, 1.807) is 0 Å². The monoisotopic (exact) mass is 1090 g/mol. The van der Waals surface area contributed by atoms with E-state index in [0.29, 0.717) is 45.9 Å². The minimum atomic E-state index is -6.95. The van der Waals surface area contributed by atoms with Gasteiger partial charge in [0.25, 0.3) is 52.5 Å². The van der Waals surface area contributed by atoms with Crippen molar-refractivity contribution >= 4 is 52.8 Å². The number of phosphoric acid groups is 6. The highest BCUT2D eigenvalue weighted by atomic mass is 31.3. The number of hydrogen-bond acceptors (Lipinski definition) is 29. The summed E-state index contributed by atoms with van der Waals surface area (Å²) in [5.74, 6) is -0.310. The number of nitrogens with one attached hydrogen (secondary N) is 2. The quantitative estimate of drug-likeness (QED) is 0.0210. The Morgan fingerprint density at radius 3 is 1.78 bits per heavy atom. The number of aryl methyl sites for hydroxylation is 1. The lowest BCUT2D eigenvalue weighted by atomic mass is 10.2. The highest BCUT2D eigenvalue weighted by molar-refractivity contribution is 7.71. The van der Waals surface area contributed by atoms with Gasteiger partial charge < -0.3 is 72.5 Å². The minimum absolute atomic E-state index is 0.0418. The summed E-state index contributed by atoms with van der Waals surface area (Å²) in [5, 5.41) is 16.1. The maximum atomic E-state index is 12.1. The van der Waals surface area contributed by atoms with Crippen LogP contribution in [0.2, 0.25) is 0 Å². The molecule has 1 aliphatic heterocycles. The fraction of sp³-hybridized carbons (Fsp3) is 0.815. The summed E-state index contributed by atoms with van der Waals surface area (Å²) in [6, 6.07) is 0. The number of carbonyl (C=O) groups is 1.